The molecule has 1 fully saturated rings. The Morgan fingerprint density at radius 1 is 1.35 bits per heavy atom. The molecule has 0 aromatic heterocycles. The summed E-state index contributed by atoms with van der Waals surface area (Å²) in [6.07, 6.45) is 6.67. The first kappa shape index (κ1) is 13.1. The number of benzene rings is 1. The molecule has 1 saturated carbocycles. The maximum atomic E-state index is 5.72. The van der Waals surface area contributed by atoms with Crippen LogP contribution in [0.2, 0.25) is 0 Å². The quantitative estimate of drug-likeness (QED) is 0.654. The standard InChI is InChI=1S/C14H21BrN2/c1-10-6-12(9-13(15)7-10)14(17-16)8-11-4-2-3-5-11/h6-7,9,11,14,17H,2-5,8,16H2,1H3. The van der Waals surface area contributed by atoms with Gasteiger partial charge in [0.05, 0.1) is 0 Å². The highest BCUT2D eigenvalue weighted by atomic mass is 79.9. The van der Waals surface area contributed by atoms with E-state index in [-0.39, 0.29) is 6.04 Å². The number of hydrazine groups is 1. The molecule has 3 N–H and O–H groups in total. The van der Waals surface area contributed by atoms with Crippen molar-refractivity contribution in [3.63, 3.8) is 0 Å². The number of hydrogen-bond acceptors (Lipinski definition) is 2. The summed E-state index contributed by atoms with van der Waals surface area (Å²) in [5, 5.41) is 0. The zero-order valence-electron chi connectivity index (χ0n) is 10.4. The van der Waals surface area contributed by atoms with Crippen molar-refractivity contribution in [2.75, 3.05) is 0 Å². The summed E-state index contributed by atoms with van der Waals surface area (Å²) < 4.78 is 1.14. The molecule has 0 heterocycles. The lowest BCUT2D eigenvalue weighted by atomic mass is 9.93. The molecule has 0 aliphatic heterocycles. The van der Waals surface area contributed by atoms with Gasteiger partial charge in [0.2, 0.25) is 0 Å². The van der Waals surface area contributed by atoms with Gasteiger partial charge < -0.3 is 0 Å². The lowest BCUT2D eigenvalue weighted by Crippen LogP contribution is -2.29. The van der Waals surface area contributed by atoms with Crippen LogP contribution in [0.25, 0.3) is 0 Å². The van der Waals surface area contributed by atoms with Gasteiger partial charge in [0.15, 0.2) is 0 Å². The van der Waals surface area contributed by atoms with Crippen molar-refractivity contribution in [1.82, 2.24) is 5.43 Å². The molecule has 3 heteroatoms. The van der Waals surface area contributed by atoms with E-state index in [1.807, 2.05) is 0 Å². The molecule has 17 heavy (non-hydrogen) atoms. The summed E-state index contributed by atoms with van der Waals surface area (Å²) in [4.78, 5) is 0. The molecule has 0 amide bonds. The van der Waals surface area contributed by atoms with E-state index in [9.17, 15) is 0 Å². The van der Waals surface area contributed by atoms with Crippen molar-refractivity contribution in [3.05, 3.63) is 33.8 Å². The summed E-state index contributed by atoms with van der Waals surface area (Å²) in [5.41, 5.74) is 5.56. The molecule has 1 aliphatic rings. The monoisotopic (exact) mass is 296 g/mol. The summed E-state index contributed by atoms with van der Waals surface area (Å²) in [7, 11) is 0. The van der Waals surface area contributed by atoms with E-state index in [0.717, 1.165) is 16.8 Å². The van der Waals surface area contributed by atoms with Crippen LogP contribution >= 0.6 is 15.9 Å². The van der Waals surface area contributed by atoms with Crippen molar-refractivity contribution in [1.29, 1.82) is 0 Å². The molecule has 0 bridgehead atoms. The van der Waals surface area contributed by atoms with E-state index in [1.54, 1.807) is 0 Å². The fourth-order valence-corrected chi connectivity index (χ4v) is 3.47. The molecule has 0 radical (unpaired) electrons. The highest BCUT2D eigenvalue weighted by molar-refractivity contribution is 9.10. The molecule has 1 unspecified atom stereocenters. The lowest BCUT2D eigenvalue weighted by molar-refractivity contribution is 0.400. The summed E-state index contributed by atoms with van der Waals surface area (Å²) >= 11 is 3.55. The zero-order valence-corrected chi connectivity index (χ0v) is 12.0. The van der Waals surface area contributed by atoms with Crippen LogP contribution in [0.15, 0.2) is 22.7 Å². The number of rotatable bonds is 4. The SMILES string of the molecule is Cc1cc(Br)cc(C(CC2CCCC2)NN)c1. The van der Waals surface area contributed by atoms with Gasteiger partial charge in [0.25, 0.3) is 0 Å². The third-order valence-electron chi connectivity index (χ3n) is 3.71. The molecule has 94 valence electrons. The smallest absolute Gasteiger partial charge is 0.0463 e. The Hall–Kier alpha value is -0.380. The maximum absolute atomic E-state index is 5.72. The van der Waals surface area contributed by atoms with E-state index >= 15 is 0 Å². The van der Waals surface area contributed by atoms with Crippen molar-refractivity contribution in [3.8, 4) is 0 Å². The van der Waals surface area contributed by atoms with E-state index in [0.29, 0.717) is 0 Å². The predicted octanol–water partition coefficient (Wildman–Crippen LogP) is 3.84. The molecule has 1 aliphatic carbocycles. The van der Waals surface area contributed by atoms with E-state index in [4.69, 9.17) is 5.84 Å². The highest BCUT2D eigenvalue weighted by Gasteiger charge is 2.20. The van der Waals surface area contributed by atoms with E-state index in [1.165, 1.54) is 36.8 Å². The molecule has 0 spiro atoms. The van der Waals surface area contributed by atoms with Crippen LogP contribution in [0.1, 0.15) is 49.3 Å². The summed E-state index contributed by atoms with van der Waals surface area (Å²) in [6, 6.07) is 6.82. The Balaban J connectivity index is 2.10. The van der Waals surface area contributed by atoms with Crippen LogP contribution in [0.3, 0.4) is 0 Å². The van der Waals surface area contributed by atoms with Gasteiger partial charge in [-0.05, 0) is 42.5 Å². The van der Waals surface area contributed by atoms with Crippen LogP contribution in [-0.4, -0.2) is 0 Å². The summed E-state index contributed by atoms with van der Waals surface area (Å²) in [5.74, 6) is 6.56. The Kier molecular flexibility index (Phi) is 4.60. The van der Waals surface area contributed by atoms with Crippen LogP contribution in [0.4, 0.5) is 0 Å². The van der Waals surface area contributed by atoms with Crippen LogP contribution < -0.4 is 11.3 Å². The third kappa shape index (κ3) is 3.54. The Labute approximate surface area is 112 Å². The molecule has 1 aromatic rings. The molecular weight excluding hydrogens is 276 g/mol. The van der Waals surface area contributed by atoms with Gasteiger partial charge in [-0.15, -0.1) is 0 Å². The first-order chi connectivity index (χ1) is 8.19. The minimum absolute atomic E-state index is 0.286. The van der Waals surface area contributed by atoms with Gasteiger partial charge in [-0.25, -0.2) is 0 Å². The lowest BCUT2D eigenvalue weighted by Gasteiger charge is -2.21. The number of aryl methyl sites for hydroxylation is 1. The third-order valence-corrected chi connectivity index (χ3v) is 4.17. The Morgan fingerprint density at radius 2 is 2.06 bits per heavy atom. The highest BCUT2D eigenvalue weighted by Crippen LogP contribution is 2.33. The first-order valence-electron chi connectivity index (χ1n) is 6.42. The molecule has 1 atom stereocenters. The molecule has 2 nitrogen and oxygen atoms in total. The number of halogens is 1. The normalized spacial score (nSPS) is 18.5. The fraction of sp³-hybridized carbons (Fsp3) is 0.571. The zero-order chi connectivity index (χ0) is 12.3. The van der Waals surface area contributed by atoms with Crippen LogP contribution in [-0.2, 0) is 0 Å². The van der Waals surface area contributed by atoms with E-state index in [2.05, 4.69) is 46.5 Å². The summed E-state index contributed by atoms with van der Waals surface area (Å²) in [6.45, 7) is 2.12. The van der Waals surface area contributed by atoms with Gasteiger partial charge in [-0.2, -0.15) is 0 Å². The molecule has 0 saturated heterocycles. The minimum Gasteiger partial charge on any atom is -0.271 e. The van der Waals surface area contributed by atoms with Crippen LogP contribution in [0, 0.1) is 12.8 Å². The maximum Gasteiger partial charge on any atom is 0.0463 e. The average Bonchev–Trinajstić information content (AvgIpc) is 2.77. The minimum atomic E-state index is 0.286. The topological polar surface area (TPSA) is 38.0 Å². The Bertz CT molecular complexity index is 352. The predicted molar refractivity (Wildman–Crippen MR) is 75.5 cm³/mol. The average molecular weight is 297 g/mol. The second-order valence-electron chi connectivity index (χ2n) is 5.17. The first-order valence-corrected chi connectivity index (χ1v) is 7.21. The van der Waals surface area contributed by atoms with Gasteiger partial charge in [-0.3, -0.25) is 11.3 Å². The second-order valence-corrected chi connectivity index (χ2v) is 6.08. The fourth-order valence-electron chi connectivity index (χ4n) is 2.85. The number of nitrogens with one attached hydrogen (secondary N) is 1. The van der Waals surface area contributed by atoms with Gasteiger partial charge in [0.1, 0.15) is 0 Å². The van der Waals surface area contributed by atoms with Crippen molar-refractivity contribution < 1.29 is 0 Å². The van der Waals surface area contributed by atoms with Gasteiger partial charge in [0, 0.05) is 10.5 Å². The molecule has 2 rings (SSSR count). The van der Waals surface area contributed by atoms with Crippen molar-refractivity contribution in [2.24, 2.45) is 11.8 Å². The van der Waals surface area contributed by atoms with Crippen molar-refractivity contribution >= 4 is 15.9 Å². The van der Waals surface area contributed by atoms with E-state index < -0.39 is 0 Å². The molecular formula is C14H21BrN2. The van der Waals surface area contributed by atoms with Gasteiger partial charge >= 0.3 is 0 Å². The Morgan fingerprint density at radius 3 is 2.65 bits per heavy atom. The number of hydrogen-bond donors (Lipinski definition) is 2. The number of nitrogens with two attached hydrogens (primary N) is 1. The molecule has 1 aromatic carbocycles. The largest absolute Gasteiger partial charge is 0.271 e. The van der Waals surface area contributed by atoms with Crippen LogP contribution in [0.5, 0.6) is 0 Å². The second kappa shape index (κ2) is 5.98. The van der Waals surface area contributed by atoms with Gasteiger partial charge in [-0.1, -0.05) is 47.7 Å². The van der Waals surface area contributed by atoms with Crippen molar-refractivity contribution in [2.45, 2.75) is 45.1 Å².